The molecule has 1 unspecified atom stereocenters. The van der Waals surface area contributed by atoms with Gasteiger partial charge in [-0.3, -0.25) is 0 Å². The van der Waals surface area contributed by atoms with E-state index >= 15 is 0 Å². The summed E-state index contributed by atoms with van der Waals surface area (Å²) in [6, 6.07) is 15.5. The van der Waals surface area contributed by atoms with Crippen molar-refractivity contribution in [3.05, 3.63) is 70.3 Å². The maximum atomic E-state index is 2.40. The van der Waals surface area contributed by atoms with Crippen LogP contribution in [0.5, 0.6) is 0 Å². The van der Waals surface area contributed by atoms with Gasteiger partial charge in [0.25, 0.3) is 0 Å². The number of rotatable bonds is 3. The van der Waals surface area contributed by atoms with Crippen LogP contribution in [0.2, 0.25) is 0 Å². The number of benzene rings is 2. The van der Waals surface area contributed by atoms with Crippen LogP contribution in [-0.4, -0.2) is 0 Å². The van der Waals surface area contributed by atoms with Crippen LogP contribution in [0.15, 0.2) is 42.5 Å². The average molecular weight is 262 g/mol. The molecule has 20 heavy (non-hydrogen) atoms. The van der Waals surface area contributed by atoms with Crippen molar-refractivity contribution in [1.82, 2.24) is 0 Å². The molecule has 1 atom stereocenters. The average Bonchev–Trinajstić information content (AvgIpc) is 2.81. The van der Waals surface area contributed by atoms with Crippen molar-refractivity contribution in [3.63, 3.8) is 0 Å². The molecule has 2 aromatic rings. The Bertz CT molecular complexity index is 661. The lowest BCUT2D eigenvalue weighted by atomic mass is 9.85. The van der Waals surface area contributed by atoms with Crippen LogP contribution in [0.25, 0.3) is 11.6 Å². The van der Waals surface area contributed by atoms with E-state index in [-0.39, 0.29) is 0 Å². The van der Waals surface area contributed by atoms with Crippen LogP contribution >= 0.6 is 0 Å². The van der Waals surface area contributed by atoms with E-state index in [9.17, 15) is 0 Å². The summed E-state index contributed by atoms with van der Waals surface area (Å²) < 4.78 is 0. The molecule has 0 radical (unpaired) electrons. The van der Waals surface area contributed by atoms with Crippen LogP contribution in [0.1, 0.15) is 53.5 Å². The van der Waals surface area contributed by atoms with E-state index in [4.69, 9.17) is 0 Å². The number of allylic oxidation sites excluding steroid dienone is 1. The first kappa shape index (κ1) is 13.2. The quantitative estimate of drug-likeness (QED) is 0.661. The van der Waals surface area contributed by atoms with Crippen molar-refractivity contribution in [2.75, 3.05) is 0 Å². The number of fused-ring (bicyclic) bond motifs is 1. The fourth-order valence-electron chi connectivity index (χ4n) is 3.32. The Balaban J connectivity index is 2.12. The predicted octanol–water partition coefficient (Wildman–Crippen LogP) is 5.74. The lowest BCUT2D eigenvalue weighted by Crippen LogP contribution is -2.00. The molecule has 0 N–H and O–H groups in total. The fraction of sp³-hybridized carbons (Fsp3) is 0.300. The highest BCUT2D eigenvalue weighted by Gasteiger charge is 2.26. The zero-order valence-electron chi connectivity index (χ0n) is 12.6. The van der Waals surface area contributed by atoms with E-state index in [1.807, 2.05) is 0 Å². The second kappa shape index (κ2) is 5.28. The summed E-state index contributed by atoms with van der Waals surface area (Å²) in [5.41, 5.74) is 8.66. The number of hydrogen-bond acceptors (Lipinski definition) is 0. The maximum Gasteiger partial charge on any atom is 0.0101 e. The van der Waals surface area contributed by atoms with Crippen LogP contribution in [0.4, 0.5) is 0 Å². The third kappa shape index (κ3) is 2.10. The number of aryl methyl sites for hydroxylation is 1. The van der Waals surface area contributed by atoms with Crippen molar-refractivity contribution < 1.29 is 0 Å². The molecule has 1 aliphatic carbocycles. The summed E-state index contributed by atoms with van der Waals surface area (Å²) in [6.45, 7) is 6.73. The topological polar surface area (TPSA) is 0 Å². The third-order valence-corrected chi connectivity index (χ3v) is 4.55. The Morgan fingerprint density at radius 3 is 2.55 bits per heavy atom. The standard InChI is InChI=1S/C20H22/c1-4-8-19-18-11-6-5-10-16(18)13-20(19)17-12-7-9-14(2)15(17)3/h5-7,9-13,19H,4,8H2,1-3H3. The van der Waals surface area contributed by atoms with E-state index in [0.29, 0.717) is 5.92 Å². The monoisotopic (exact) mass is 262 g/mol. The predicted molar refractivity (Wildman–Crippen MR) is 87.9 cm³/mol. The van der Waals surface area contributed by atoms with Gasteiger partial charge in [0.05, 0.1) is 0 Å². The Kier molecular flexibility index (Phi) is 3.48. The summed E-state index contributed by atoms with van der Waals surface area (Å²) in [5, 5.41) is 0. The molecule has 0 spiro atoms. The van der Waals surface area contributed by atoms with Gasteiger partial charge >= 0.3 is 0 Å². The minimum atomic E-state index is 0.566. The Morgan fingerprint density at radius 2 is 1.75 bits per heavy atom. The minimum absolute atomic E-state index is 0.566. The van der Waals surface area contributed by atoms with Crippen molar-refractivity contribution in [2.45, 2.75) is 39.5 Å². The maximum absolute atomic E-state index is 2.40. The zero-order chi connectivity index (χ0) is 14.1. The van der Waals surface area contributed by atoms with E-state index in [1.165, 1.54) is 46.2 Å². The van der Waals surface area contributed by atoms with Crippen LogP contribution in [-0.2, 0) is 0 Å². The smallest absolute Gasteiger partial charge is 0.0101 e. The van der Waals surface area contributed by atoms with Crippen LogP contribution in [0, 0.1) is 13.8 Å². The first-order valence-electron chi connectivity index (χ1n) is 7.59. The Morgan fingerprint density at radius 1 is 0.950 bits per heavy atom. The van der Waals surface area contributed by atoms with Gasteiger partial charge in [-0.15, -0.1) is 0 Å². The van der Waals surface area contributed by atoms with Crippen molar-refractivity contribution in [2.24, 2.45) is 0 Å². The van der Waals surface area contributed by atoms with Gasteiger partial charge in [0.15, 0.2) is 0 Å². The summed E-state index contributed by atoms with van der Waals surface area (Å²) in [5.74, 6) is 0.566. The molecule has 0 bridgehead atoms. The lowest BCUT2D eigenvalue weighted by molar-refractivity contribution is 0.737. The molecular weight excluding hydrogens is 240 g/mol. The Labute approximate surface area is 122 Å². The van der Waals surface area contributed by atoms with Gasteiger partial charge < -0.3 is 0 Å². The van der Waals surface area contributed by atoms with Gasteiger partial charge in [0.2, 0.25) is 0 Å². The molecule has 0 aliphatic heterocycles. The van der Waals surface area contributed by atoms with E-state index in [1.54, 1.807) is 0 Å². The summed E-state index contributed by atoms with van der Waals surface area (Å²) in [7, 11) is 0. The SMILES string of the molecule is CCCC1C(c2cccc(C)c2C)=Cc2ccccc21. The fourth-order valence-corrected chi connectivity index (χ4v) is 3.32. The van der Waals surface area contributed by atoms with Gasteiger partial charge in [-0.1, -0.05) is 61.9 Å². The Hall–Kier alpha value is -1.82. The van der Waals surface area contributed by atoms with Crippen molar-refractivity contribution in [3.8, 4) is 0 Å². The van der Waals surface area contributed by atoms with E-state index in [2.05, 4.69) is 69.3 Å². The van der Waals surface area contributed by atoms with E-state index in [0.717, 1.165) is 0 Å². The summed E-state index contributed by atoms with van der Waals surface area (Å²) in [6.07, 6.45) is 4.86. The molecular formula is C20H22. The van der Waals surface area contributed by atoms with Crippen LogP contribution in [0.3, 0.4) is 0 Å². The molecule has 0 nitrogen and oxygen atoms in total. The zero-order valence-corrected chi connectivity index (χ0v) is 12.6. The van der Waals surface area contributed by atoms with Gasteiger partial charge in [0.1, 0.15) is 0 Å². The first-order valence-corrected chi connectivity index (χ1v) is 7.59. The van der Waals surface area contributed by atoms with Gasteiger partial charge in [-0.25, -0.2) is 0 Å². The van der Waals surface area contributed by atoms with Crippen molar-refractivity contribution >= 4 is 11.6 Å². The van der Waals surface area contributed by atoms with Crippen molar-refractivity contribution in [1.29, 1.82) is 0 Å². The molecule has 2 aromatic carbocycles. The number of hydrogen-bond donors (Lipinski definition) is 0. The van der Waals surface area contributed by atoms with Gasteiger partial charge in [0, 0.05) is 5.92 Å². The molecule has 0 heteroatoms. The van der Waals surface area contributed by atoms with E-state index < -0.39 is 0 Å². The highest BCUT2D eigenvalue weighted by Crippen LogP contribution is 2.45. The molecule has 102 valence electrons. The molecule has 0 heterocycles. The largest absolute Gasteiger partial charge is 0.0653 e. The minimum Gasteiger partial charge on any atom is -0.0653 e. The third-order valence-electron chi connectivity index (χ3n) is 4.55. The molecule has 0 aromatic heterocycles. The van der Waals surface area contributed by atoms with Gasteiger partial charge in [-0.05, 0) is 53.7 Å². The first-order chi connectivity index (χ1) is 9.72. The highest BCUT2D eigenvalue weighted by molar-refractivity contribution is 5.92. The molecule has 0 saturated carbocycles. The molecule has 0 amide bonds. The highest BCUT2D eigenvalue weighted by atomic mass is 14.3. The van der Waals surface area contributed by atoms with Gasteiger partial charge in [-0.2, -0.15) is 0 Å². The second-order valence-corrected chi connectivity index (χ2v) is 5.82. The van der Waals surface area contributed by atoms with Crippen LogP contribution < -0.4 is 0 Å². The lowest BCUT2D eigenvalue weighted by Gasteiger charge is -2.18. The molecule has 0 saturated heterocycles. The molecule has 0 fully saturated rings. The summed E-state index contributed by atoms with van der Waals surface area (Å²) >= 11 is 0. The normalized spacial score (nSPS) is 16.9. The molecule has 1 aliphatic rings. The molecule has 3 rings (SSSR count). The summed E-state index contributed by atoms with van der Waals surface area (Å²) in [4.78, 5) is 0. The second-order valence-electron chi connectivity index (χ2n) is 5.82.